The van der Waals surface area contributed by atoms with Crippen LogP contribution in [0.1, 0.15) is 48.6 Å². The molecule has 0 spiro atoms. The normalized spacial score (nSPS) is 10.7. The molecular formula is C18H26N4O3. The number of Topliss-reactive ketones (excluding diaryl/α,β-unsaturated/α-hetero) is 1. The quantitative estimate of drug-likeness (QED) is 0.589. The highest BCUT2D eigenvalue weighted by Gasteiger charge is 2.15. The number of ketones is 1. The monoisotopic (exact) mass is 346 g/mol. The van der Waals surface area contributed by atoms with E-state index in [0.717, 1.165) is 24.2 Å². The molecule has 0 saturated carbocycles. The van der Waals surface area contributed by atoms with Crippen molar-refractivity contribution >= 4 is 11.9 Å². The van der Waals surface area contributed by atoms with E-state index in [0.29, 0.717) is 31.2 Å². The Hall–Kier alpha value is -2.57. The van der Waals surface area contributed by atoms with Crippen LogP contribution >= 0.6 is 0 Å². The molecule has 7 nitrogen and oxygen atoms in total. The molecule has 1 N–H and O–H groups in total. The van der Waals surface area contributed by atoms with E-state index in [4.69, 9.17) is 4.74 Å². The van der Waals surface area contributed by atoms with Crippen LogP contribution in [-0.4, -0.2) is 39.4 Å². The third-order valence-electron chi connectivity index (χ3n) is 3.95. The maximum atomic E-state index is 11.9. The van der Waals surface area contributed by atoms with Crippen molar-refractivity contribution in [3.05, 3.63) is 35.3 Å². The van der Waals surface area contributed by atoms with Crippen LogP contribution in [-0.2, 0) is 11.3 Å². The van der Waals surface area contributed by atoms with E-state index < -0.39 is 6.09 Å². The smallest absolute Gasteiger partial charge is 0.407 e. The third-order valence-corrected chi connectivity index (χ3v) is 3.95. The zero-order chi connectivity index (χ0) is 18.4. The number of amides is 1. The average molecular weight is 346 g/mol. The van der Waals surface area contributed by atoms with E-state index in [1.807, 2.05) is 37.5 Å². The molecule has 0 aliphatic carbocycles. The largest absolute Gasteiger partial charge is 0.450 e. The summed E-state index contributed by atoms with van der Waals surface area (Å²) in [6.45, 7) is 8.69. The number of hydrogen-bond donors (Lipinski definition) is 1. The van der Waals surface area contributed by atoms with Gasteiger partial charge in [0, 0.05) is 30.9 Å². The first-order valence-corrected chi connectivity index (χ1v) is 8.58. The van der Waals surface area contributed by atoms with Crippen molar-refractivity contribution in [2.75, 3.05) is 13.2 Å². The average Bonchev–Trinajstić information content (AvgIpc) is 3.11. The molecule has 2 aromatic rings. The summed E-state index contributed by atoms with van der Waals surface area (Å²) < 4.78 is 8.67. The topological polar surface area (TPSA) is 78.2 Å². The lowest BCUT2D eigenvalue weighted by Gasteiger charge is -2.08. The first-order valence-electron chi connectivity index (χ1n) is 8.58. The van der Waals surface area contributed by atoms with Crippen LogP contribution in [0.15, 0.2) is 18.2 Å². The van der Waals surface area contributed by atoms with Gasteiger partial charge in [0.25, 0.3) is 0 Å². The van der Waals surface area contributed by atoms with Crippen molar-refractivity contribution in [2.45, 2.75) is 47.1 Å². The number of aryl methyl sites for hydroxylation is 2. The van der Waals surface area contributed by atoms with Crippen molar-refractivity contribution in [3.63, 3.8) is 0 Å². The number of nitrogens with zero attached hydrogens (tertiary/aromatic N) is 3. The van der Waals surface area contributed by atoms with Crippen LogP contribution in [0.25, 0.3) is 5.82 Å². The number of carbonyl (C=O) groups is 2. The molecule has 7 heteroatoms. The molecule has 0 saturated heterocycles. The Morgan fingerprint density at radius 2 is 1.92 bits per heavy atom. The first kappa shape index (κ1) is 18.8. The van der Waals surface area contributed by atoms with Gasteiger partial charge < -0.3 is 14.6 Å². The van der Waals surface area contributed by atoms with Crippen molar-refractivity contribution in [1.29, 1.82) is 0 Å². The highest BCUT2D eigenvalue weighted by atomic mass is 16.5. The minimum absolute atomic E-state index is 0.0632. The predicted octanol–water partition coefficient (Wildman–Crippen LogP) is 3.02. The Labute approximate surface area is 148 Å². The summed E-state index contributed by atoms with van der Waals surface area (Å²) in [4.78, 5) is 23.5. The second-order valence-electron chi connectivity index (χ2n) is 6.03. The van der Waals surface area contributed by atoms with E-state index >= 15 is 0 Å². The van der Waals surface area contributed by atoms with Crippen LogP contribution in [0, 0.1) is 13.8 Å². The van der Waals surface area contributed by atoms with Crippen molar-refractivity contribution in [2.24, 2.45) is 0 Å². The molecule has 2 rings (SSSR count). The van der Waals surface area contributed by atoms with Gasteiger partial charge >= 0.3 is 6.09 Å². The van der Waals surface area contributed by atoms with Crippen LogP contribution < -0.4 is 5.32 Å². The molecule has 0 aliphatic heterocycles. The molecular weight excluding hydrogens is 320 g/mol. The van der Waals surface area contributed by atoms with Crippen LogP contribution in [0.3, 0.4) is 0 Å². The van der Waals surface area contributed by atoms with Gasteiger partial charge in [-0.15, -0.1) is 0 Å². The number of carbonyl (C=O) groups excluding carboxylic acids is 2. The minimum atomic E-state index is -0.442. The highest BCUT2D eigenvalue weighted by Crippen LogP contribution is 2.17. The van der Waals surface area contributed by atoms with Crippen molar-refractivity contribution in [1.82, 2.24) is 19.7 Å². The van der Waals surface area contributed by atoms with Gasteiger partial charge in [-0.2, -0.15) is 5.10 Å². The molecule has 25 heavy (non-hydrogen) atoms. The predicted molar refractivity (Wildman–Crippen MR) is 95.3 cm³/mol. The molecule has 0 unspecified atom stereocenters. The maximum absolute atomic E-state index is 11.9. The first-order chi connectivity index (χ1) is 11.9. The van der Waals surface area contributed by atoms with E-state index in [-0.39, 0.29) is 5.78 Å². The highest BCUT2D eigenvalue weighted by molar-refractivity contribution is 5.92. The van der Waals surface area contributed by atoms with E-state index in [2.05, 4.69) is 10.4 Å². The molecule has 2 aromatic heterocycles. The second-order valence-corrected chi connectivity index (χ2v) is 6.03. The van der Waals surface area contributed by atoms with Crippen LogP contribution in [0.2, 0.25) is 0 Å². The Morgan fingerprint density at radius 3 is 2.52 bits per heavy atom. The van der Waals surface area contributed by atoms with Gasteiger partial charge in [-0.3, -0.25) is 9.48 Å². The fraction of sp³-hybridized carbons (Fsp3) is 0.500. The number of unbranched alkanes of at least 4 members (excludes halogenated alkanes) is 1. The zero-order valence-corrected chi connectivity index (χ0v) is 15.3. The van der Waals surface area contributed by atoms with Gasteiger partial charge in [-0.1, -0.05) is 13.3 Å². The fourth-order valence-corrected chi connectivity index (χ4v) is 2.62. The van der Waals surface area contributed by atoms with E-state index in [1.165, 1.54) is 6.92 Å². The van der Waals surface area contributed by atoms with Gasteiger partial charge in [0.1, 0.15) is 5.69 Å². The Balaban J connectivity index is 2.05. The van der Waals surface area contributed by atoms with Crippen LogP contribution in [0.4, 0.5) is 4.79 Å². The Bertz CT molecular complexity index is 726. The Morgan fingerprint density at radius 1 is 1.24 bits per heavy atom. The molecule has 0 aromatic carbocycles. The molecule has 2 heterocycles. The summed E-state index contributed by atoms with van der Waals surface area (Å²) in [5, 5.41) is 7.22. The molecule has 0 aliphatic rings. The maximum Gasteiger partial charge on any atom is 0.407 e. The SMILES string of the molecule is CCCCOC(=O)NCCn1nc(-n2c(C)ccc2C)cc1C(C)=O. The van der Waals surface area contributed by atoms with Crippen LogP contribution in [0.5, 0.6) is 0 Å². The molecule has 136 valence electrons. The number of hydrogen-bond acceptors (Lipinski definition) is 4. The lowest BCUT2D eigenvalue weighted by atomic mass is 10.3. The van der Waals surface area contributed by atoms with Gasteiger partial charge in [0.15, 0.2) is 11.6 Å². The standard InChI is InChI=1S/C18H26N4O3/c1-5-6-11-25-18(24)19-9-10-21-16(15(4)23)12-17(20-21)22-13(2)7-8-14(22)3/h7-8,12H,5-6,9-11H2,1-4H3,(H,19,24). The number of aromatic nitrogens is 3. The summed E-state index contributed by atoms with van der Waals surface area (Å²) in [5.41, 5.74) is 2.62. The van der Waals surface area contributed by atoms with E-state index in [1.54, 1.807) is 10.7 Å². The molecule has 0 fully saturated rings. The fourth-order valence-electron chi connectivity index (χ4n) is 2.62. The van der Waals surface area contributed by atoms with Gasteiger partial charge in [-0.25, -0.2) is 4.79 Å². The van der Waals surface area contributed by atoms with E-state index in [9.17, 15) is 9.59 Å². The number of nitrogens with one attached hydrogen (secondary N) is 1. The summed E-state index contributed by atoms with van der Waals surface area (Å²) >= 11 is 0. The zero-order valence-electron chi connectivity index (χ0n) is 15.3. The van der Waals surface area contributed by atoms with Crippen molar-refractivity contribution < 1.29 is 14.3 Å². The third kappa shape index (κ3) is 4.71. The number of rotatable bonds is 8. The van der Waals surface area contributed by atoms with Gasteiger partial charge in [0.05, 0.1) is 13.2 Å². The lowest BCUT2D eigenvalue weighted by Crippen LogP contribution is -2.29. The van der Waals surface area contributed by atoms with Gasteiger partial charge in [0.2, 0.25) is 0 Å². The Kier molecular flexibility index (Phi) is 6.38. The molecule has 0 bridgehead atoms. The molecule has 0 radical (unpaired) electrons. The summed E-state index contributed by atoms with van der Waals surface area (Å²) in [7, 11) is 0. The summed E-state index contributed by atoms with van der Waals surface area (Å²) in [5.74, 6) is 0.641. The molecule has 1 amide bonds. The molecule has 0 atom stereocenters. The summed E-state index contributed by atoms with van der Waals surface area (Å²) in [6, 6.07) is 5.80. The minimum Gasteiger partial charge on any atom is -0.450 e. The van der Waals surface area contributed by atoms with Gasteiger partial charge in [-0.05, 0) is 32.4 Å². The summed E-state index contributed by atoms with van der Waals surface area (Å²) in [6.07, 6.45) is 1.38. The second kappa shape index (κ2) is 8.50. The number of ether oxygens (including phenoxy) is 1. The van der Waals surface area contributed by atoms with Crippen molar-refractivity contribution in [3.8, 4) is 5.82 Å². The lowest BCUT2D eigenvalue weighted by molar-refractivity contribution is 0.100. The number of alkyl carbamates (subject to hydrolysis) is 1.